The fraction of sp³-hybridized carbons (Fsp3) is 0.636. The molecule has 6 heteroatoms. The minimum atomic E-state index is -0.338. The molecule has 2 atom stereocenters. The molecule has 6 nitrogen and oxygen atoms in total. The van der Waals surface area contributed by atoms with E-state index < -0.39 is 0 Å². The van der Waals surface area contributed by atoms with Gasteiger partial charge in [0.2, 0.25) is 0 Å². The van der Waals surface area contributed by atoms with E-state index in [1.54, 1.807) is 13.3 Å². The van der Waals surface area contributed by atoms with Gasteiger partial charge >= 0.3 is 0 Å². The summed E-state index contributed by atoms with van der Waals surface area (Å²) in [5.41, 5.74) is 4.45. The summed E-state index contributed by atoms with van der Waals surface area (Å²) in [5, 5.41) is 3.98. The first-order valence-corrected chi connectivity index (χ1v) is 10.2. The largest absolute Gasteiger partial charge is 0.376 e. The van der Waals surface area contributed by atoms with Crippen LogP contribution in [0.5, 0.6) is 0 Å². The Balaban J connectivity index is 1.73. The first kappa shape index (κ1) is 20.8. The first-order chi connectivity index (χ1) is 13.4. The predicted molar refractivity (Wildman–Crippen MR) is 115 cm³/mol. The van der Waals surface area contributed by atoms with E-state index >= 15 is 0 Å². The Morgan fingerprint density at radius 1 is 1.39 bits per heavy atom. The SMILES string of the molecule is COC(/C(C=NCC1CCCCO1)=N/N)c1cc(N2CC(C)(C)C2)ccc1C. The van der Waals surface area contributed by atoms with Gasteiger partial charge in [-0.05, 0) is 54.9 Å². The number of methoxy groups -OCH3 is 1. The number of rotatable bonds is 7. The number of nitrogens with zero attached hydrogens (tertiary/aromatic N) is 3. The Morgan fingerprint density at radius 2 is 2.18 bits per heavy atom. The second kappa shape index (κ2) is 9.05. The molecule has 2 aliphatic heterocycles. The molecule has 2 aliphatic rings. The number of aliphatic imine (C=N–C) groups is 1. The molecule has 2 saturated heterocycles. The van der Waals surface area contributed by atoms with Crippen LogP contribution < -0.4 is 10.7 Å². The molecule has 2 N–H and O–H groups in total. The van der Waals surface area contributed by atoms with Gasteiger partial charge in [-0.25, -0.2) is 0 Å². The maximum absolute atomic E-state index is 5.79. The van der Waals surface area contributed by atoms with Gasteiger partial charge in [-0.1, -0.05) is 19.9 Å². The summed E-state index contributed by atoms with van der Waals surface area (Å²) in [6.45, 7) is 10.3. The van der Waals surface area contributed by atoms with E-state index in [-0.39, 0.29) is 12.2 Å². The number of hydrogen-bond acceptors (Lipinski definition) is 6. The first-order valence-electron chi connectivity index (χ1n) is 10.2. The van der Waals surface area contributed by atoms with Crippen LogP contribution in [-0.4, -0.2) is 51.4 Å². The van der Waals surface area contributed by atoms with E-state index in [2.05, 4.69) is 54.0 Å². The third-order valence-electron chi connectivity index (χ3n) is 5.61. The molecule has 0 amide bonds. The van der Waals surface area contributed by atoms with Crippen LogP contribution >= 0.6 is 0 Å². The van der Waals surface area contributed by atoms with Crippen molar-refractivity contribution in [3.63, 3.8) is 0 Å². The van der Waals surface area contributed by atoms with Crippen LogP contribution in [0.4, 0.5) is 5.69 Å². The lowest BCUT2D eigenvalue weighted by molar-refractivity contribution is 0.0226. The molecule has 0 aromatic heterocycles. The highest BCUT2D eigenvalue weighted by Crippen LogP contribution is 2.35. The summed E-state index contributed by atoms with van der Waals surface area (Å²) >= 11 is 0. The highest BCUT2D eigenvalue weighted by atomic mass is 16.5. The zero-order valence-electron chi connectivity index (χ0n) is 17.6. The van der Waals surface area contributed by atoms with Crippen molar-refractivity contribution in [3.05, 3.63) is 29.3 Å². The second-order valence-electron chi connectivity index (χ2n) is 8.71. The number of anilines is 1. The molecule has 1 aromatic rings. The average Bonchev–Trinajstić information content (AvgIpc) is 2.67. The Kier molecular flexibility index (Phi) is 6.73. The van der Waals surface area contributed by atoms with Crippen molar-refractivity contribution in [2.24, 2.45) is 21.4 Å². The van der Waals surface area contributed by atoms with Crippen LogP contribution in [0.2, 0.25) is 0 Å². The summed E-state index contributed by atoms with van der Waals surface area (Å²) in [6, 6.07) is 6.51. The van der Waals surface area contributed by atoms with E-state index in [1.807, 2.05) is 0 Å². The molecule has 0 aliphatic carbocycles. The molecular weight excluding hydrogens is 352 g/mol. The van der Waals surface area contributed by atoms with Crippen molar-refractivity contribution in [1.29, 1.82) is 0 Å². The quantitative estimate of drug-likeness (QED) is 0.442. The van der Waals surface area contributed by atoms with Crippen LogP contribution in [0.25, 0.3) is 0 Å². The molecule has 1 aromatic carbocycles. The zero-order valence-corrected chi connectivity index (χ0v) is 17.6. The highest BCUT2D eigenvalue weighted by Gasteiger charge is 2.34. The van der Waals surface area contributed by atoms with Crippen molar-refractivity contribution in [2.75, 3.05) is 38.3 Å². The van der Waals surface area contributed by atoms with Crippen molar-refractivity contribution >= 4 is 17.6 Å². The third kappa shape index (κ3) is 4.92. The van der Waals surface area contributed by atoms with Crippen molar-refractivity contribution < 1.29 is 9.47 Å². The number of nitrogens with two attached hydrogens (primary N) is 1. The Morgan fingerprint density at radius 3 is 2.79 bits per heavy atom. The van der Waals surface area contributed by atoms with E-state index in [0.29, 0.717) is 17.7 Å². The zero-order chi connectivity index (χ0) is 20.1. The lowest BCUT2D eigenvalue weighted by Crippen LogP contribution is -2.53. The maximum Gasteiger partial charge on any atom is 0.128 e. The molecule has 154 valence electrons. The summed E-state index contributed by atoms with van der Waals surface area (Å²) < 4.78 is 11.5. The number of hydrogen-bond donors (Lipinski definition) is 1. The third-order valence-corrected chi connectivity index (χ3v) is 5.61. The molecule has 0 saturated carbocycles. The minimum absolute atomic E-state index is 0.199. The fourth-order valence-corrected chi connectivity index (χ4v) is 4.07. The van der Waals surface area contributed by atoms with Gasteiger partial charge in [-0.15, -0.1) is 0 Å². The van der Waals surface area contributed by atoms with E-state index in [0.717, 1.165) is 43.7 Å². The number of benzene rings is 1. The van der Waals surface area contributed by atoms with Gasteiger partial charge in [0.25, 0.3) is 0 Å². The molecule has 2 unspecified atom stereocenters. The lowest BCUT2D eigenvalue weighted by Gasteiger charge is -2.47. The van der Waals surface area contributed by atoms with Crippen LogP contribution in [0.3, 0.4) is 0 Å². The highest BCUT2D eigenvalue weighted by molar-refractivity contribution is 6.32. The van der Waals surface area contributed by atoms with Crippen LogP contribution in [-0.2, 0) is 9.47 Å². The summed E-state index contributed by atoms with van der Waals surface area (Å²) in [5.74, 6) is 5.70. The van der Waals surface area contributed by atoms with Gasteiger partial charge in [0.15, 0.2) is 0 Å². The van der Waals surface area contributed by atoms with Crippen LogP contribution in [0.1, 0.15) is 50.3 Å². The Labute approximate surface area is 168 Å². The molecule has 28 heavy (non-hydrogen) atoms. The molecule has 0 spiro atoms. The van der Waals surface area contributed by atoms with Gasteiger partial charge in [0, 0.05) is 38.7 Å². The average molecular weight is 387 g/mol. The van der Waals surface area contributed by atoms with Gasteiger partial charge in [0.1, 0.15) is 11.8 Å². The van der Waals surface area contributed by atoms with Gasteiger partial charge in [-0.3, -0.25) is 4.99 Å². The van der Waals surface area contributed by atoms with Gasteiger partial charge in [0.05, 0.1) is 12.6 Å². The van der Waals surface area contributed by atoms with Crippen molar-refractivity contribution in [3.8, 4) is 0 Å². The fourth-order valence-electron chi connectivity index (χ4n) is 4.07. The molecule has 3 rings (SSSR count). The molecule has 2 fully saturated rings. The van der Waals surface area contributed by atoms with Crippen LogP contribution in [0.15, 0.2) is 28.3 Å². The standard InChI is InChI=1S/C22H34N4O2/c1-16-8-9-17(26-14-22(2,3)15-26)11-19(16)21(27-4)20(25-23)13-24-12-18-7-5-6-10-28-18/h8-9,11,13,18,21H,5-7,10,12,14-15,23H2,1-4H3/b24-13?,25-20+. The number of aryl methyl sites for hydroxylation is 1. The number of hydrazone groups is 1. The molecular formula is C22H34N4O2. The molecule has 2 heterocycles. The molecule has 0 bridgehead atoms. The smallest absolute Gasteiger partial charge is 0.128 e. The van der Waals surface area contributed by atoms with Gasteiger partial charge in [-0.2, -0.15) is 5.10 Å². The molecule has 0 radical (unpaired) electrons. The minimum Gasteiger partial charge on any atom is -0.376 e. The topological polar surface area (TPSA) is 72.4 Å². The van der Waals surface area contributed by atoms with Gasteiger partial charge < -0.3 is 20.2 Å². The van der Waals surface area contributed by atoms with Crippen molar-refractivity contribution in [1.82, 2.24) is 0 Å². The lowest BCUT2D eigenvalue weighted by atomic mass is 9.83. The Hall–Kier alpha value is -1.92. The predicted octanol–water partition coefficient (Wildman–Crippen LogP) is 3.48. The number of ether oxygens (including phenoxy) is 2. The van der Waals surface area contributed by atoms with Crippen LogP contribution in [0, 0.1) is 12.3 Å². The maximum atomic E-state index is 5.79. The van der Waals surface area contributed by atoms with E-state index in [1.165, 1.54) is 12.1 Å². The normalized spacial score (nSPS) is 23.6. The summed E-state index contributed by atoms with van der Waals surface area (Å²) in [7, 11) is 1.69. The van der Waals surface area contributed by atoms with Crippen molar-refractivity contribution in [2.45, 2.75) is 52.2 Å². The van der Waals surface area contributed by atoms with E-state index in [9.17, 15) is 0 Å². The van der Waals surface area contributed by atoms with E-state index in [4.69, 9.17) is 15.3 Å². The summed E-state index contributed by atoms with van der Waals surface area (Å²) in [6.07, 6.45) is 5.02. The summed E-state index contributed by atoms with van der Waals surface area (Å²) in [4.78, 5) is 6.94. The Bertz CT molecular complexity index is 715. The second-order valence-corrected chi connectivity index (χ2v) is 8.71. The monoisotopic (exact) mass is 386 g/mol.